The monoisotopic (exact) mass is 250 g/mol. The molecule has 0 aliphatic heterocycles. The average Bonchev–Trinajstić information content (AvgIpc) is 2.46. The summed E-state index contributed by atoms with van der Waals surface area (Å²) in [6.45, 7) is 2.06. The van der Waals surface area contributed by atoms with Crippen molar-refractivity contribution < 1.29 is 0 Å². The van der Waals surface area contributed by atoms with Gasteiger partial charge in [-0.2, -0.15) is 0 Å². The van der Waals surface area contributed by atoms with Crippen molar-refractivity contribution in [2.45, 2.75) is 13.3 Å². The molecule has 0 saturated carbocycles. The van der Waals surface area contributed by atoms with Crippen LogP contribution in [0.25, 0.3) is 22.2 Å². The summed E-state index contributed by atoms with van der Waals surface area (Å²) in [6, 6.07) is 9.69. The number of hydrogen-bond donors (Lipinski definition) is 1. The Bertz CT molecular complexity index is 732. The molecule has 0 fully saturated rings. The molecule has 0 bridgehead atoms. The number of anilines is 1. The largest absolute Gasteiger partial charge is 0.384 e. The Hall–Kier alpha value is -2.49. The lowest BCUT2D eigenvalue weighted by Crippen LogP contribution is -1.99. The predicted octanol–water partition coefficient (Wildman–Crippen LogP) is 2.84. The third kappa shape index (κ3) is 2.01. The fourth-order valence-electron chi connectivity index (χ4n) is 2.20. The molecule has 4 nitrogen and oxygen atoms in total. The smallest absolute Gasteiger partial charge is 0.123 e. The highest BCUT2D eigenvalue weighted by Gasteiger charge is 2.11. The summed E-state index contributed by atoms with van der Waals surface area (Å²) >= 11 is 0. The maximum Gasteiger partial charge on any atom is 0.123 e. The standard InChI is InChI=1S/C15H14N4/c1-2-12-11(5-6-13(16)19-12)15-14-10(7-9-18-15)4-3-8-17-14/h3-9H,2H2,1H3,(H2,16,19). The number of rotatable bonds is 2. The second-order valence-electron chi connectivity index (χ2n) is 4.32. The van der Waals surface area contributed by atoms with Crippen molar-refractivity contribution in [3.05, 3.63) is 48.4 Å². The molecule has 3 heterocycles. The van der Waals surface area contributed by atoms with Gasteiger partial charge in [-0.25, -0.2) is 4.98 Å². The van der Waals surface area contributed by atoms with Crippen molar-refractivity contribution >= 4 is 16.7 Å². The second-order valence-corrected chi connectivity index (χ2v) is 4.32. The van der Waals surface area contributed by atoms with Crippen LogP contribution in [0.15, 0.2) is 42.7 Å². The van der Waals surface area contributed by atoms with Crippen LogP contribution in [0.1, 0.15) is 12.6 Å². The number of nitrogens with two attached hydrogens (primary N) is 1. The Labute approximate surface area is 111 Å². The Morgan fingerprint density at radius 1 is 1.05 bits per heavy atom. The van der Waals surface area contributed by atoms with Gasteiger partial charge in [-0.3, -0.25) is 9.97 Å². The van der Waals surface area contributed by atoms with Crippen LogP contribution in [0.3, 0.4) is 0 Å². The van der Waals surface area contributed by atoms with Crippen LogP contribution in [0.4, 0.5) is 5.82 Å². The summed E-state index contributed by atoms with van der Waals surface area (Å²) in [5, 5.41) is 1.08. The van der Waals surface area contributed by atoms with Crippen molar-refractivity contribution in [2.75, 3.05) is 5.73 Å². The maximum atomic E-state index is 5.75. The second kappa shape index (κ2) is 4.65. The Morgan fingerprint density at radius 2 is 1.95 bits per heavy atom. The van der Waals surface area contributed by atoms with Gasteiger partial charge in [-0.1, -0.05) is 13.0 Å². The van der Waals surface area contributed by atoms with E-state index in [1.54, 1.807) is 18.5 Å². The summed E-state index contributed by atoms with van der Waals surface area (Å²) in [4.78, 5) is 13.3. The first-order chi connectivity index (χ1) is 9.29. The number of fused-ring (bicyclic) bond motifs is 1. The molecule has 0 atom stereocenters. The molecule has 0 spiro atoms. The first kappa shape index (κ1) is 11.6. The predicted molar refractivity (Wildman–Crippen MR) is 76.6 cm³/mol. The fourth-order valence-corrected chi connectivity index (χ4v) is 2.20. The molecule has 4 heteroatoms. The van der Waals surface area contributed by atoms with Crippen LogP contribution in [0, 0.1) is 0 Å². The number of nitrogens with zero attached hydrogens (tertiary/aromatic N) is 3. The topological polar surface area (TPSA) is 64.7 Å². The van der Waals surface area contributed by atoms with E-state index >= 15 is 0 Å². The molecular formula is C15H14N4. The molecule has 2 N–H and O–H groups in total. The van der Waals surface area contributed by atoms with Crippen LogP contribution < -0.4 is 5.73 Å². The van der Waals surface area contributed by atoms with Crippen LogP contribution in [-0.2, 0) is 6.42 Å². The molecule has 0 aliphatic carbocycles. The van der Waals surface area contributed by atoms with E-state index in [9.17, 15) is 0 Å². The number of pyridine rings is 3. The first-order valence-electron chi connectivity index (χ1n) is 6.25. The molecule has 0 aromatic carbocycles. The van der Waals surface area contributed by atoms with Gasteiger partial charge in [0.1, 0.15) is 5.82 Å². The van der Waals surface area contributed by atoms with Gasteiger partial charge >= 0.3 is 0 Å². The SMILES string of the molecule is CCc1nc(N)ccc1-c1nccc2cccnc12. The molecule has 94 valence electrons. The summed E-state index contributed by atoms with van der Waals surface area (Å²) in [7, 11) is 0. The lowest BCUT2D eigenvalue weighted by molar-refractivity contribution is 1.04. The first-order valence-corrected chi connectivity index (χ1v) is 6.25. The Balaban J connectivity index is 2.30. The quantitative estimate of drug-likeness (QED) is 0.759. The summed E-state index contributed by atoms with van der Waals surface area (Å²) in [5.74, 6) is 0.536. The van der Waals surface area contributed by atoms with Gasteiger partial charge in [0.15, 0.2) is 0 Å². The van der Waals surface area contributed by atoms with Crippen LogP contribution in [-0.4, -0.2) is 15.0 Å². The molecule has 3 aromatic rings. The van der Waals surface area contributed by atoms with E-state index in [2.05, 4.69) is 21.9 Å². The summed E-state index contributed by atoms with van der Waals surface area (Å²) < 4.78 is 0. The molecule has 3 aromatic heterocycles. The normalized spacial score (nSPS) is 10.8. The number of hydrogen-bond acceptors (Lipinski definition) is 4. The van der Waals surface area contributed by atoms with Crippen molar-refractivity contribution in [3.63, 3.8) is 0 Å². The third-order valence-electron chi connectivity index (χ3n) is 3.11. The molecule has 0 aliphatic rings. The van der Waals surface area contributed by atoms with Gasteiger partial charge in [0, 0.05) is 23.3 Å². The minimum Gasteiger partial charge on any atom is -0.384 e. The number of nitrogen functional groups attached to an aromatic ring is 1. The molecule has 0 unspecified atom stereocenters. The summed E-state index contributed by atoms with van der Waals surface area (Å²) in [5.41, 5.74) is 9.46. The molecule has 19 heavy (non-hydrogen) atoms. The Morgan fingerprint density at radius 3 is 2.79 bits per heavy atom. The zero-order chi connectivity index (χ0) is 13.2. The minimum atomic E-state index is 0.536. The highest BCUT2D eigenvalue weighted by atomic mass is 14.8. The highest BCUT2D eigenvalue weighted by Crippen LogP contribution is 2.27. The van der Waals surface area contributed by atoms with E-state index in [1.165, 1.54) is 0 Å². The van der Waals surface area contributed by atoms with Crippen LogP contribution in [0.2, 0.25) is 0 Å². The lowest BCUT2D eigenvalue weighted by atomic mass is 10.0. The highest BCUT2D eigenvalue weighted by molar-refractivity contribution is 5.91. The zero-order valence-corrected chi connectivity index (χ0v) is 10.7. The molecule has 0 saturated heterocycles. The van der Waals surface area contributed by atoms with Crippen molar-refractivity contribution in [3.8, 4) is 11.3 Å². The minimum absolute atomic E-state index is 0.536. The van der Waals surface area contributed by atoms with E-state index in [0.29, 0.717) is 5.82 Å². The summed E-state index contributed by atoms with van der Waals surface area (Å²) in [6.07, 6.45) is 4.39. The number of aryl methyl sites for hydroxylation is 1. The molecule has 0 amide bonds. The molecular weight excluding hydrogens is 236 g/mol. The molecule has 0 radical (unpaired) electrons. The van der Waals surface area contributed by atoms with Gasteiger partial charge in [-0.15, -0.1) is 0 Å². The zero-order valence-electron chi connectivity index (χ0n) is 10.7. The molecule has 3 rings (SSSR count). The van der Waals surface area contributed by atoms with Gasteiger partial charge in [-0.05, 0) is 30.7 Å². The van der Waals surface area contributed by atoms with Gasteiger partial charge in [0.25, 0.3) is 0 Å². The van der Waals surface area contributed by atoms with Gasteiger partial charge in [0.05, 0.1) is 16.9 Å². The lowest BCUT2D eigenvalue weighted by Gasteiger charge is -2.09. The van der Waals surface area contributed by atoms with Gasteiger partial charge < -0.3 is 5.73 Å². The van der Waals surface area contributed by atoms with Crippen LogP contribution >= 0.6 is 0 Å². The van der Waals surface area contributed by atoms with E-state index in [-0.39, 0.29) is 0 Å². The maximum absolute atomic E-state index is 5.75. The van der Waals surface area contributed by atoms with E-state index in [4.69, 9.17) is 5.73 Å². The van der Waals surface area contributed by atoms with E-state index in [0.717, 1.165) is 34.3 Å². The Kier molecular flexibility index (Phi) is 2.83. The third-order valence-corrected chi connectivity index (χ3v) is 3.11. The average molecular weight is 250 g/mol. The van der Waals surface area contributed by atoms with E-state index < -0.39 is 0 Å². The van der Waals surface area contributed by atoms with Crippen molar-refractivity contribution in [1.82, 2.24) is 15.0 Å². The fraction of sp³-hybridized carbons (Fsp3) is 0.133. The number of aromatic nitrogens is 3. The van der Waals surface area contributed by atoms with Crippen molar-refractivity contribution in [2.24, 2.45) is 0 Å². The van der Waals surface area contributed by atoms with Crippen molar-refractivity contribution in [1.29, 1.82) is 0 Å². The van der Waals surface area contributed by atoms with E-state index in [1.807, 2.05) is 24.3 Å². The van der Waals surface area contributed by atoms with Gasteiger partial charge in [0.2, 0.25) is 0 Å². The van der Waals surface area contributed by atoms with Crippen LogP contribution in [0.5, 0.6) is 0 Å².